The van der Waals surface area contributed by atoms with Gasteiger partial charge in [0, 0.05) is 18.5 Å². The average Bonchev–Trinajstić information content (AvgIpc) is 2.57. The number of amidine groups is 1. The van der Waals surface area contributed by atoms with Crippen molar-refractivity contribution in [2.45, 2.75) is 38.9 Å². The van der Waals surface area contributed by atoms with Crippen LogP contribution in [-0.2, 0) is 0 Å². The molecule has 0 bridgehead atoms. The van der Waals surface area contributed by atoms with Crippen molar-refractivity contribution >= 4 is 5.84 Å². The van der Waals surface area contributed by atoms with Crippen LogP contribution in [0.15, 0.2) is 5.16 Å². The summed E-state index contributed by atoms with van der Waals surface area (Å²) >= 11 is 0. The lowest BCUT2D eigenvalue weighted by Crippen LogP contribution is -2.33. The second kappa shape index (κ2) is 5.66. The maximum Gasteiger partial charge on any atom is 0.144 e. The van der Waals surface area contributed by atoms with Crippen molar-refractivity contribution in [3.8, 4) is 0 Å². The van der Waals surface area contributed by atoms with Gasteiger partial charge in [0.2, 0.25) is 0 Å². The highest BCUT2D eigenvalue weighted by Gasteiger charge is 2.30. The fourth-order valence-corrected chi connectivity index (χ4v) is 2.04. The van der Waals surface area contributed by atoms with E-state index in [2.05, 4.69) is 5.16 Å². The molecule has 0 aromatic carbocycles. The number of aliphatic hydroxyl groups is 2. The standard InChI is InChI=1S/C11H23N3O3/c1-11(2,10(12)13-17)4-3-5-14-6-8(15)9(16)7-14/h8-9,15-17H,3-7H2,1-2H3,(H2,12,13). The zero-order valence-corrected chi connectivity index (χ0v) is 10.5. The smallest absolute Gasteiger partial charge is 0.144 e. The molecule has 2 atom stereocenters. The number of oxime groups is 1. The van der Waals surface area contributed by atoms with Gasteiger partial charge in [-0.15, -0.1) is 0 Å². The summed E-state index contributed by atoms with van der Waals surface area (Å²) in [5, 5.41) is 30.5. The Morgan fingerprint density at radius 2 is 1.88 bits per heavy atom. The van der Waals surface area contributed by atoms with E-state index >= 15 is 0 Å². The molecular formula is C11H23N3O3. The molecule has 1 aliphatic rings. The van der Waals surface area contributed by atoms with Gasteiger partial charge in [-0.25, -0.2) is 0 Å². The first-order chi connectivity index (χ1) is 7.86. The molecule has 1 heterocycles. The van der Waals surface area contributed by atoms with Crippen LogP contribution in [0.3, 0.4) is 0 Å². The van der Waals surface area contributed by atoms with Crippen LogP contribution in [0, 0.1) is 5.41 Å². The van der Waals surface area contributed by atoms with Crippen molar-refractivity contribution in [1.82, 2.24) is 4.90 Å². The Balaban J connectivity index is 2.29. The molecule has 5 N–H and O–H groups in total. The Bertz CT molecular complexity index is 271. The third kappa shape index (κ3) is 3.83. The molecule has 1 saturated heterocycles. The van der Waals surface area contributed by atoms with E-state index in [4.69, 9.17) is 10.9 Å². The van der Waals surface area contributed by atoms with E-state index in [-0.39, 0.29) is 11.3 Å². The molecule has 0 aromatic heterocycles. The highest BCUT2D eigenvalue weighted by molar-refractivity contribution is 5.85. The van der Waals surface area contributed by atoms with E-state index in [0.29, 0.717) is 13.1 Å². The molecule has 0 radical (unpaired) electrons. The molecular weight excluding hydrogens is 222 g/mol. The van der Waals surface area contributed by atoms with Gasteiger partial charge in [-0.3, -0.25) is 4.90 Å². The number of nitrogens with zero attached hydrogens (tertiary/aromatic N) is 2. The summed E-state index contributed by atoms with van der Waals surface area (Å²) in [6.45, 7) is 5.69. The van der Waals surface area contributed by atoms with E-state index in [1.165, 1.54) is 0 Å². The SMILES string of the molecule is CC(C)(CCCN1CC(O)C(O)C1)C(N)=NO. The molecule has 1 rings (SSSR count). The van der Waals surface area contributed by atoms with E-state index < -0.39 is 12.2 Å². The largest absolute Gasteiger partial charge is 0.409 e. The molecule has 0 spiro atoms. The van der Waals surface area contributed by atoms with Crippen LogP contribution in [0.2, 0.25) is 0 Å². The minimum atomic E-state index is -0.632. The van der Waals surface area contributed by atoms with Gasteiger partial charge >= 0.3 is 0 Å². The van der Waals surface area contributed by atoms with Gasteiger partial charge in [-0.1, -0.05) is 19.0 Å². The third-order valence-electron chi connectivity index (χ3n) is 3.41. The van der Waals surface area contributed by atoms with Gasteiger partial charge in [0.15, 0.2) is 0 Å². The first-order valence-corrected chi connectivity index (χ1v) is 5.93. The van der Waals surface area contributed by atoms with Gasteiger partial charge < -0.3 is 21.2 Å². The number of likely N-dealkylation sites (tertiary alicyclic amines) is 1. The highest BCUT2D eigenvalue weighted by atomic mass is 16.4. The number of rotatable bonds is 5. The third-order valence-corrected chi connectivity index (χ3v) is 3.41. The molecule has 0 aliphatic carbocycles. The molecule has 0 aromatic rings. The van der Waals surface area contributed by atoms with Crippen molar-refractivity contribution in [3.63, 3.8) is 0 Å². The second-order valence-corrected chi connectivity index (χ2v) is 5.37. The van der Waals surface area contributed by atoms with Crippen molar-refractivity contribution in [2.75, 3.05) is 19.6 Å². The zero-order chi connectivity index (χ0) is 13.1. The second-order valence-electron chi connectivity index (χ2n) is 5.37. The van der Waals surface area contributed by atoms with Crippen LogP contribution in [-0.4, -0.2) is 58.0 Å². The average molecular weight is 245 g/mol. The molecule has 0 amide bonds. The van der Waals surface area contributed by atoms with Gasteiger partial charge in [0.05, 0.1) is 12.2 Å². The van der Waals surface area contributed by atoms with Crippen LogP contribution in [0.4, 0.5) is 0 Å². The number of β-amino-alcohol motifs (C(OH)–C–C–N with tert-alkyl or cyclic N) is 2. The Morgan fingerprint density at radius 3 is 2.35 bits per heavy atom. The summed E-state index contributed by atoms with van der Waals surface area (Å²) in [7, 11) is 0. The fourth-order valence-electron chi connectivity index (χ4n) is 2.04. The molecule has 17 heavy (non-hydrogen) atoms. The zero-order valence-electron chi connectivity index (χ0n) is 10.5. The molecule has 1 fully saturated rings. The molecule has 1 aliphatic heterocycles. The molecule has 2 unspecified atom stereocenters. The van der Waals surface area contributed by atoms with Crippen LogP contribution in [0.25, 0.3) is 0 Å². The van der Waals surface area contributed by atoms with E-state index in [9.17, 15) is 10.2 Å². The maximum absolute atomic E-state index is 9.39. The van der Waals surface area contributed by atoms with Crippen molar-refractivity contribution in [1.29, 1.82) is 0 Å². The van der Waals surface area contributed by atoms with E-state index in [1.807, 2.05) is 18.7 Å². The molecule has 6 heteroatoms. The number of hydrogen-bond acceptors (Lipinski definition) is 5. The van der Waals surface area contributed by atoms with Crippen LogP contribution >= 0.6 is 0 Å². The first-order valence-electron chi connectivity index (χ1n) is 5.93. The Hall–Kier alpha value is -0.850. The molecule has 6 nitrogen and oxygen atoms in total. The van der Waals surface area contributed by atoms with Gasteiger partial charge in [-0.05, 0) is 19.4 Å². The number of hydrogen-bond donors (Lipinski definition) is 4. The Morgan fingerprint density at radius 1 is 1.35 bits per heavy atom. The predicted octanol–water partition coefficient (Wildman–Crippen LogP) is -0.423. The fraction of sp³-hybridized carbons (Fsp3) is 0.909. The predicted molar refractivity (Wildman–Crippen MR) is 64.9 cm³/mol. The molecule has 0 saturated carbocycles. The first kappa shape index (κ1) is 14.2. The summed E-state index contributed by atoms with van der Waals surface area (Å²) in [4.78, 5) is 2.03. The highest BCUT2D eigenvalue weighted by Crippen LogP contribution is 2.23. The van der Waals surface area contributed by atoms with Gasteiger partial charge in [0.1, 0.15) is 5.84 Å². The molecule has 100 valence electrons. The number of aliphatic hydroxyl groups excluding tert-OH is 2. The summed E-state index contributed by atoms with van der Waals surface area (Å²) in [6.07, 6.45) is 0.410. The summed E-state index contributed by atoms with van der Waals surface area (Å²) in [5.74, 6) is 0.235. The van der Waals surface area contributed by atoms with Crippen LogP contribution < -0.4 is 5.73 Å². The number of nitrogens with two attached hydrogens (primary N) is 1. The van der Waals surface area contributed by atoms with Gasteiger partial charge in [-0.2, -0.15) is 0 Å². The van der Waals surface area contributed by atoms with Crippen LogP contribution in [0.1, 0.15) is 26.7 Å². The lowest BCUT2D eigenvalue weighted by molar-refractivity contribution is 0.0572. The lowest BCUT2D eigenvalue weighted by atomic mass is 9.86. The van der Waals surface area contributed by atoms with Crippen LogP contribution in [0.5, 0.6) is 0 Å². The summed E-state index contributed by atoms with van der Waals surface area (Å²) in [5.41, 5.74) is 5.27. The quantitative estimate of drug-likeness (QED) is 0.228. The minimum Gasteiger partial charge on any atom is -0.409 e. The minimum absolute atomic E-state index is 0.235. The maximum atomic E-state index is 9.39. The normalized spacial score (nSPS) is 27.6. The monoisotopic (exact) mass is 245 g/mol. The summed E-state index contributed by atoms with van der Waals surface area (Å²) < 4.78 is 0. The lowest BCUT2D eigenvalue weighted by Gasteiger charge is -2.24. The van der Waals surface area contributed by atoms with E-state index in [0.717, 1.165) is 19.4 Å². The van der Waals surface area contributed by atoms with Crippen molar-refractivity contribution in [2.24, 2.45) is 16.3 Å². The van der Waals surface area contributed by atoms with E-state index in [1.54, 1.807) is 0 Å². The van der Waals surface area contributed by atoms with Crippen molar-refractivity contribution in [3.05, 3.63) is 0 Å². The Labute approximate surface area is 102 Å². The van der Waals surface area contributed by atoms with Crippen molar-refractivity contribution < 1.29 is 15.4 Å². The topological polar surface area (TPSA) is 102 Å². The van der Waals surface area contributed by atoms with Gasteiger partial charge in [0.25, 0.3) is 0 Å². The summed E-state index contributed by atoms with van der Waals surface area (Å²) in [6, 6.07) is 0. The Kier molecular flexibility index (Phi) is 4.73.